The van der Waals surface area contributed by atoms with Gasteiger partial charge in [0.2, 0.25) is 17.7 Å². The first-order valence-electron chi connectivity index (χ1n) is 11.6. The van der Waals surface area contributed by atoms with Crippen LogP contribution in [0, 0.1) is 12.7 Å². The molecular formula is C25H20FN5O7. The van der Waals surface area contributed by atoms with Gasteiger partial charge in [-0.15, -0.1) is 0 Å². The lowest BCUT2D eigenvalue weighted by molar-refractivity contribution is -0.136. The van der Waals surface area contributed by atoms with E-state index in [4.69, 9.17) is 9.26 Å². The van der Waals surface area contributed by atoms with Crippen molar-refractivity contribution in [1.29, 1.82) is 0 Å². The Morgan fingerprint density at radius 3 is 2.66 bits per heavy atom. The number of amides is 5. The highest BCUT2D eigenvalue weighted by molar-refractivity contribution is 6.23. The third-order valence-corrected chi connectivity index (χ3v) is 6.10. The van der Waals surface area contributed by atoms with Crippen molar-refractivity contribution in [3.63, 3.8) is 0 Å². The van der Waals surface area contributed by atoms with E-state index < -0.39 is 54.0 Å². The summed E-state index contributed by atoms with van der Waals surface area (Å²) in [7, 11) is 0. The van der Waals surface area contributed by atoms with Crippen molar-refractivity contribution in [2.75, 3.05) is 6.61 Å². The number of carbonyl (C=O) groups excluding carboxylic acids is 5. The van der Waals surface area contributed by atoms with E-state index in [1.54, 1.807) is 13.0 Å². The molecule has 0 saturated carbocycles. The number of ether oxygens (including phenoxy) is 1. The van der Waals surface area contributed by atoms with E-state index in [1.807, 2.05) is 0 Å². The molecule has 5 amide bonds. The molecule has 2 atom stereocenters. The normalized spacial score (nSPS) is 17.7. The van der Waals surface area contributed by atoms with Crippen LogP contribution < -0.4 is 15.4 Å². The number of aryl methyl sites for hydroxylation is 1. The number of aromatic nitrogens is 2. The summed E-state index contributed by atoms with van der Waals surface area (Å²) in [4.78, 5) is 67.1. The first kappa shape index (κ1) is 24.7. The number of nitrogens with zero attached hydrogens (tertiary/aromatic N) is 3. The molecule has 0 spiro atoms. The second-order valence-electron chi connectivity index (χ2n) is 8.64. The SMILES string of the molecule is Cc1nc(C(NC(=O)COc2ccc3c(c2)C(=O)N(C2CCC(=O)NC2=O)C3=O)c2ccccc2F)no1. The lowest BCUT2D eigenvalue weighted by Gasteiger charge is -2.27. The molecule has 0 radical (unpaired) electrons. The van der Waals surface area contributed by atoms with E-state index in [9.17, 15) is 28.4 Å². The summed E-state index contributed by atoms with van der Waals surface area (Å²) in [5.41, 5.74) is 0.199. The van der Waals surface area contributed by atoms with Gasteiger partial charge in [0.05, 0.1) is 11.1 Å². The molecule has 1 fully saturated rings. The molecule has 5 rings (SSSR count). The third kappa shape index (κ3) is 4.61. The summed E-state index contributed by atoms with van der Waals surface area (Å²) in [6.45, 7) is 1.04. The highest BCUT2D eigenvalue weighted by Gasteiger charge is 2.44. The Bertz CT molecular complexity index is 1490. The van der Waals surface area contributed by atoms with Gasteiger partial charge < -0.3 is 14.6 Å². The van der Waals surface area contributed by atoms with E-state index in [2.05, 4.69) is 20.8 Å². The zero-order chi connectivity index (χ0) is 27.0. The van der Waals surface area contributed by atoms with Gasteiger partial charge in [0.15, 0.2) is 12.4 Å². The number of rotatable bonds is 7. The Balaban J connectivity index is 1.29. The minimum absolute atomic E-state index is 0.00381. The molecule has 13 heteroatoms. The maximum atomic E-state index is 14.5. The zero-order valence-electron chi connectivity index (χ0n) is 19.9. The largest absolute Gasteiger partial charge is 0.484 e. The molecule has 194 valence electrons. The fourth-order valence-corrected chi connectivity index (χ4v) is 4.31. The maximum Gasteiger partial charge on any atom is 0.262 e. The molecule has 2 unspecified atom stereocenters. The van der Waals surface area contributed by atoms with Crippen molar-refractivity contribution < 1.29 is 37.6 Å². The molecule has 12 nitrogen and oxygen atoms in total. The van der Waals surface area contributed by atoms with Gasteiger partial charge >= 0.3 is 0 Å². The summed E-state index contributed by atoms with van der Waals surface area (Å²) in [6, 6.07) is 7.73. The predicted octanol–water partition coefficient (Wildman–Crippen LogP) is 1.20. The summed E-state index contributed by atoms with van der Waals surface area (Å²) in [5, 5.41) is 8.53. The fourth-order valence-electron chi connectivity index (χ4n) is 4.31. The topological polar surface area (TPSA) is 161 Å². The Morgan fingerprint density at radius 2 is 1.95 bits per heavy atom. The minimum Gasteiger partial charge on any atom is -0.484 e. The van der Waals surface area contributed by atoms with Crippen molar-refractivity contribution in [3.05, 3.63) is 76.7 Å². The number of hydrogen-bond acceptors (Lipinski definition) is 9. The molecule has 3 heterocycles. The Labute approximate surface area is 214 Å². The molecule has 2 N–H and O–H groups in total. The minimum atomic E-state index is -1.10. The van der Waals surface area contributed by atoms with E-state index in [0.29, 0.717) is 0 Å². The maximum absolute atomic E-state index is 14.5. The molecule has 0 bridgehead atoms. The summed E-state index contributed by atoms with van der Waals surface area (Å²) < 4.78 is 25.0. The number of carbonyl (C=O) groups is 5. The highest BCUT2D eigenvalue weighted by Crippen LogP contribution is 2.30. The molecule has 38 heavy (non-hydrogen) atoms. The molecule has 2 aliphatic rings. The van der Waals surface area contributed by atoms with Crippen molar-refractivity contribution in [1.82, 2.24) is 25.7 Å². The van der Waals surface area contributed by atoms with Gasteiger partial charge in [0, 0.05) is 18.9 Å². The van der Waals surface area contributed by atoms with Crippen LogP contribution in [0.1, 0.15) is 56.9 Å². The van der Waals surface area contributed by atoms with Crippen molar-refractivity contribution in [3.8, 4) is 5.75 Å². The van der Waals surface area contributed by atoms with Crippen molar-refractivity contribution in [2.45, 2.75) is 31.8 Å². The first-order chi connectivity index (χ1) is 18.2. The van der Waals surface area contributed by atoms with Crippen molar-refractivity contribution in [2.24, 2.45) is 0 Å². The van der Waals surface area contributed by atoms with Gasteiger partial charge in [-0.05, 0) is 30.7 Å². The van der Waals surface area contributed by atoms with Crippen LogP contribution in [0.3, 0.4) is 0 Å². The molecule has 2 aliphatic heterocycles. The smallest absolute Gasteiger partial charge is 0.262 e. The summed E-state index contributed by atoms with van der Waals surface area (Å²) in [5.74, 6) is -3.38. The monoisotopic (exact) mass is 521 g/mol. The molecule has 1 aromatic heterocycles. The van der Waals surface area contributed by atoms with Crippen LogP contribution in [0.2, 0.25) is 0 Å². The molecule has 3 aromatic rings. The lowest BCUT2D eigenvalue weighted by atomic mass is 10.0. The van der Waals surface area contributed by atoms with E-state index in [0.717, 1.165) is 4.90 Å². The van der Waals surface area contributed by atoms with Crippen LogP contribution in [0.4, 0.5) is 4.39 Å². The molecule has 1 saturated heterocycles. The van der Waals surface area contributed by atoms with Crippen LogP contribution in [0.15, 0.2) is 47.0 Å². The van der Waals surface area contributed by atoms with Gasteiger partial charge in [-0.3, -0.25) is 34.2 Å². The van der Waals surface area contributed by atoms with Crippen LogP contribution in [0.25, 0.3) is 0 Å². The first-order valence-corrected chi connectivity index (χ1v) is 11.6. The molecular weight excluding hydrogens is 501 g/mol. The van der Waals surface area contributed by atoms with Gasteiger partial charge in [-0.2, -0.15) is 4.98 Å². The predicted molar refractivity (Wildman–Crippen MR) is 124 cm³/mol. The molecule has 0 aliphatic carbocycles. The second-order valence-corrected chi connectivity index (χ2v) is 8.64. The average molecular weight is 521 g/mol. The Hall–Kier alpha value is -4.94. The zero-order valence-corrected chi connectivity index (χ0v) is 19.9. The average Bonchev–Trinajstić information content (AvgIpc) is 3.43. The Kier molecular flexibility index (Phi) is 6.41. The summed E-state index contributed by atoms with van der Waals surface area (Å²) >= 11 is 0. The van der Waals surface area contributed by atoms with Gasteiger partial charge in [0.1, 0.15) is 23.7 Å². The number of halogens is 1. The van der Waals surface area contributed by atoms with Crippen LogP contribution in [0.5, 0.6) is 5.75 Å². The number of benzene rings is 2. The second kappa shape index (κ2) is 9.84. The van der Waals surface area contributed by atoms with E-state index in [-0.39, 0.29) is 47.0 Å². The standard InChI is InChI=1S/C25H20FN5O7/c1-12-27-22(30-38-12)21(15-4-2-3-5-17(15)26)28-20(33)11-37-13-6-7-14-16(10-13)25(36)31(24(14)35)18-8-9-19(32)29-23(18)34/h2-7,10,18,21H,8-9,11H2,1H3,(H,28,33)(H,29,32,34). The van der Waals surface area contributed by atoms with Gasteiger partial charge in [0.25, 0.3) is 17.7 Å². The van der Waals surface area contributed by atoms with Crippen LogP contribution in [-0.4, -0.2) is 57.2 Å². The number of imide groups is 2. The number of piperidine rings is 1. The van der Waals surface area contributed by atoms with Gasteiger partial charge in [-0.1, -0.05) is 23.4 Å². The fraction of sp³-hybridized carbons (Fsp3) is 0.240. The number of hydrogen-bond donors (Lipinski definition) is 2. The third-order valence-electron chi connectivity index (χ3n) is 6.10. The number of nitrogens with one attached hydrogen (secondary N) is 2. The van der Waals surface area contributed by atoms with Gasteiger partial charge in [-0.25, -0.2) is 4.39 Å². The lowest BCUT2D eigenvalue weighted by Crippen LogP contribution is -2.54. The highest BCUT2D eigenvalue weighted by atomic mass is 19.1. The summed E-state index contributed by atoms with van der Waals surface area (Å²) in [6.07, 6.45) is 0.0350. The van der Waals surface area contributed by atoms with Crippen LogP contribution >= 0.6 is 0 Å². The number of fused-ring (bicyclic) bond motifs is 1. The molecule has 2 aromatic carbocycles. The van der Waals surface area contributed by atoms with Crippen LogP contribution in [-0.2, 0) is 14.4 Å². The van der Waals surface area contributed by atoms with Crippen molar-refractivity contribution >= 4 is 29.5 Å². The quantitative estimate of drug-likeness (QED) is 0.435. The Morgan fingerprint density at radius 1 is 1.18 bits per heavy atom. The van der Waals surface area contributed by atoms with E-state index >= 15 is 0 Å². The van der Waals surface area contributed by atoms with E-state index in [1.165, 1.54) is 36.4 Å².